The summed E-state index contributed by atoms with van der Waals surface area (Å²) in [5.41, 5.74) is -0.832. The summed E-state index contributed by atoms with van der Waals surface area (Å²) >= 11 is 0. The van der Waals surface area contributed by atoms with Crippen molar-refractivity contribution in [2.45, 2.75) is 45.9 Å². The lowest BCUT2D eigenvalue weighted by Crippen LogP contribution is -2.45. The molecule has 0 fully saturated rings. The molecule has 2 N–H and O–H groups in total. The topological polar surface area (TPSA) is 137 Å². The largest absolute Gasteiger partial charge is 0.480 e. The summed E-state index contributed by atoms with van der Waals surface area (Å²) in [6.07, 6.45) is 0.223. The maximum Gasteiger partial charge on any atom is 0.408 e. The van der Waals surface area contributed by atoms with Crippen LogP contribution in [0, 0.1) is 17.0 Å². The van der Waals surface area contributed by atoms with E-state index in [1.54, 1.807) is 20.8 Å². The van der Waals surface area contributed by atoms with Gasteiger partial charge in [0.2, 0.25) is 0 Å². The van der Waals surface area contributed by atoms with Gasteiger partial charge in [-0.25, -0.2) is 9.59 Å². The minimum Gasteiger partial charge on any atom is -0.480 e. The number of amides is 1. The van der Waals surface area contributed by atoms with Crippen molar-refractivity contribution in [3.8, 4) is 0 Å². The molecular formula is C12H18N4O6. The molecule has 0 bridgehead atoms. The number of ether oxygens (including phenoxy) is 1. The molecule has 0 aromatic carbocycles. The zero-order chi connectivity index (χ0) is 17.1. The Kier molecular flexibility index (Phi) is 5.07. The summed E-state index contributed by atoms with van der Waals surface area (Å²) in [6.45, 7) is 6.10. The van der Waals surface area contributed by atoms with E-state index in [0.29, 0.717) is 0 Å². The zero-order valence-corrected chi connectivity index (χ0v) is 12.7. The molecule has 10 nitrogen and oxygen atoms in total. The molecule has 10 heteroatoms. The molecule has 1 amide bonds. The van der Waals surface area contributed by atoms with Crippen LogP contribution in [0.3, 0.4) is 0 Å². The normalized spacial score (nSPS) is 12.5. The number of nitrogens with one attached hydrogen (secondary N) is 1. The predicted molar refractivity (Wildman–Crippen MR) is 74.4 cm³/mol. The van der Waals surface area contributed by atoms with Crippen LogP contribution >= 0.6 is 0 Å². The summed E-state index contributed by atoms with van der Waals surface area (Å²) in [5, 5.41) is 25.9. The summed E-state index contributed by atoms with van der Waals surface area (Å²) in [7, 11) is 0. The zero-order valence-electron chi connectivity index (χ0n) is 12.7. The second-order valence-corrected chi connectivity index (χ2v) is 5.62. The highest BCUT2D eigenvalue weighted by atomic mass is 16.6. The molecule has 122 valence electrons. The Bertz CT molecular complexity index is 589. The van der Waals surface area contributed by atoms with E-state index < -0.39 is 28.6 Å². The first kappa shape index (κ1) is 17.4. The second kappa shape index (κ2) is 6.41. The van der Waals surface area contributed by atoms with Crippen LogP contribution in [-0.2, 0) is 16.1 Å². The quantitative estimate of drug-likeness (QED) is 0.612. The summed E-state index contributed by atoms with van der Waals surface area (Å²) in [4.78, 5) is 32.9. The SMILES string of the molecule is Cc1nn(CC(NC(=O)OC(C)(C)C)C(=O)O)cc1[N+](=O)[O-]. The highest BCUT2D eigenvalue weighted by Gasteiger charge is 2.26. The number of aryl methyl sites for hydroxylation is 1. The van der Waals surface area contributed by atoms with E-state index >= 15 is 0 Å². The fraction of sp³-hybridized carbons (Fsp3) is 0.583. The number of nitro groups is 1. The van der Waals surface area contributed by atoms with Crippen molar-refractivity contribution in [1.29, 1.82) is 0 Å². The van der Waals surface area contributed by atoms with E-state index in [-0.39, 0.29) is 17.9 Å². The highest BCUT2D eigenvalue weighted by molar-refractivity contribution is 5.79. The lowest BCUT2D eigenvalue weighted by atomic mass is 10.2. The molecule has 22 heavy (non-hydrogen) atoms. The third-order valence-electron chi connectivity index (χ3n) is 2.48. The fourth-order valence-electron chi connectivity index (χ4n) is 1.60. The van der Waals surface area contributed by atoms with Crippen molar-refractivity contribution in [3.63, 3.8) is 0 Å². The van der Waals surface area contributed by atoms with Crippen LogP contribution in [-0.4, -0.2) is 43.5 Å². The number of aliphatic carboxylic acids is 1. The molecule has 1 atom stereocenters. The van der Waals surface area contributed by atoms with Gasteiger partial charge in [0.1, 0.15) is 23.5 Å². The monoisotopic (exact) mass is 314 g/mol. The number of carbonyl (C=O) groups excluding carboxylic acids is 1. The Morgan fingerprint density at radius 1 is 1.55 bits per heavy atom. The Morgan fingerprint density at radius 2 is 2.14 bits per heavy atom. The van der Waals surface area contributed by atoms with Crippen molar-refractivity contribution >= 4 is 17.7 Å². The van der Waals surface area contributed by atoms with E-state index in [2.05, 4.69) is 10.4 Å². The number of rotatable bonds is 5. The molecule has 1 aromatic heterocycles. The maximum atomic E-state index is 11.6. The molecule has 1 aromatic rings. The number of carbonyl (C=O) groups is 2. The first-order chi connectivity index (χ1) is 9.99. The lowest BCUT2D eigenvalue weighted by Gasteiger charge is -2.21. The highest BCUT2D eigenvalue weighted by Crippen LogP contribution is 2.15. The number of hydrogen-bond donors (Lipinski definition) is 2. The Labute approximate surface area is 126 Å². The molecule has 1 rings (SSSR count). The fourth-order valence-corrected chi connectivity index (χ4v) is 1.60. The molecule has 1 heterocycles. The van der Waals surface area contributed by atoms with Crippen molar-refractivity contribution in [2.24, 2.45) is 0 Å². The van der Waals surface area contributed by atoms with Crippen LogP contribution in [0.5, 0.6) is 0 Å². The van der Waals surface area contributed by atoms with E-state index in [9.17, 15) is 19.7 Å². The smallest absolute Gasteiger partial charge is 0.408 e. The average Bonchev–Trinajstić information content (AvgIpc) is 2.66. The minimum absolute atomic E-state index is 0.159. The summed E-state index contributed by atoms with van der Waals surface area (Å²) < 4.78 is 6.07. The van der Waals surface area contributed by atoms with Gasteiger partial charge in [-0.15, -0.1) is 0 Å². The number of hydrogen-bond acceptors (Lipinski definition) is 6. The Morgan fingerprint density at radius 3 is 2.55 bits per heavy atom. The van der Waals surface area contributed by atoms with Crippen molar-refractivity contribution in [2.75, 3.05) is 0 Å². The number of nitrogens with zero attached hydrogens (tertiary/aromatic N) is 3. The molecule has 0 radical (unpaired) electrons. The predicted octanol–water partition coefficient (Wildman–Crippen LogP) is 1.08. The molecule has 0 saturated carbocycles. The van der Waals surface area contributed by atoms with Gasteiger partial charge in [0.05, 0.1) is 11.5 Å². The Hall–Kier alpha value is -2.65. The van der Waals surface area contributed by atoms with Gasteiger partial charge >= 0.3 is 17.7 Å². The first-order valence-corrected chi connectivity index (χ1v) is 6.40. The third kappa shape index (κ3) is 5.04. The molecule has 0 spiro atoms. The molecule has 0 aliphatic rings. The number of carboxylic acids is 1. The van der Waals surface area contributed by atoms with Gasteiger partial charge in [-0.3, -0.25) is 14.8 Å². The van der Waals surface area contributed by atoms with E-state index in [0.717, 1.165) is 10.9 Å². The molecule has 0 saturated heterocycles. The second-order valence-electron chi connectivity index (χ2n) is 5.62. The number of aromatic nitrogens is 2. The van der Waals surface area contributed by atoms with Gasteiger partial charge in [-0.2, -0.15) is 5.10 Å². The van der Waals surface area contributed by atoms with Gasteiger partial charge in [0.25, 0.3) is 0 Å². The van der Waals surface area contributed by atoms with Gasteiger partial charge in [-0.1, -0.05) is 0 Å². The summed E-state index contributed by atoms with van der Waals surface area (Å²) in [5.74, 6) is -1.30. The van der Waals surface area contributed by atoms with Crippen LogP contribution in [0.4, 0.5) is 10.5 Å². The van der Waals surface area contributed by atoms with Crippen LogP contribution in [0.25, 0.3) is 0 Å². The average molecular weight is 314 g/mol. The lowest BCUT2D eigenvalue weighted by molar-refractivity contribution is -0.385. The minimum atomic E-state index is -1.33. The van der Waals surface area contributed by atoms with Crippen molar-refractivity contribution < 1.29 is 24.4 Å². The first-order valence-electron chi connectivity index (χ1n) is 6.40. The van der Waals surface area contributed by atoms with Gasteiger partial charge in [-0.05, 0) is 27.7 Å². The van der Waals surface area contributed by atoms with Crippen LogP contribution < -0.4 is 5.32 Å². The molecule has 1 unspecified atom stereocenters. The standard InChI is InChI=1S/C12H18N4O6/c1-7-9(16(20)21)6-15(14-7)5-8(10(17)18)13-11(19)22-12(2,3)4/h6,8H,5H2,1-4H3,(H,13,19)(H,17,18). The molecule has 0 aliphatic carbocycles. The Balaban J connectivity index is 2.81. The van der Waals surface area contributed by atoms with E-state index in [1.807, 2.05) is 0 Å². The van der Waals surface area contributed by atoms with Crippen LogP contribution in [0.2, 0.25) is 0 Å². The van der Waals surface area contributed by atoms with Crippen molar-refractivity contribution in [3.05, 3.63) is 22.0 Å². The molecular weight excluding hydrogens is 296 g/mol. The van der Waals surface area contributed by atoms with Gasteiger partial charge in [0, 0.05) is 0 Å². The van der Waals surface area contributed by atoms with Crippen LogP contribution in [0.15, 0.2) is 6.20 Å². The third-order valence-corrected chi connectivity index (χ3v) is 2.48. The molecule has 0 aliphatic heterocycles. The van der Waals surface area contributed by atoms with Crippen molar-refractivity contribution in [1.82, 2.24) is 15.1 Å². The summed E-state index contributed by atoms with van der Waals surface area (Å²) in [6, 6.07) is -1.33. The number of carboxylic acid groups (broad SMARTS) is 1. The van der Waals surface area contributed by atoms with E-state index in [4.69, 9.17) is 9.84 Å². The van der Waals surface area contributed by atoms with Gasteiger partial charge in [0.15, 0.2) is 0 Å². The maximum absolute atomic E-state index is 11.6. The van der Waals surface area contributed by atoms with Gasteiger partial charge < -0.3 is 15.2 Å². The van der Waals surface area contributed by atoms with E-state index in [1.165, 1.54) is 6.92 Å². The van der Waals surface area contributed by atoms with Crippen LogP contribution in [0.1, 0.15) is 26.5 Å². The number of alkyl carbamates (subject to hydrolysis) is 1.